The average Bonchev–Trinajstić information content (AvgIpc) is 3.05. The van der Waals surface area contributed by atoms with Gasteiger partial charge in [0.05, 0.1) is 0 Å². The first-order valence-electron chi connectivity index (χ1n) is 8.90. The molecule has 4 heteroatoms. The van der Waals surface area contributed by atoms with E-state index in [0.717, 1.165) is 17.5 Å². The van der Waals surface area contributed by atoms with Gasteiger partial charge in [0.2, 0.25) is 5.78 Å². The third kappa shape index (κ3) is 4.20. The minimum absolute atomic E-state index is 0.171. The Bertz CT molecular complexity index is 909. The Morgan fingerprint density at radius 1 is 1.08 bits per heavy atom. The van der Waals surface area contributed by atoms with Crippen LogP contribution in [0.25, 0.3) is 10.9 Å². The molecular weight excluding hydrogens is 326 g/mol. The Morgan fingerprint density at radius 2 is 1.81 bits per heavy atom. The minimum atomic E-state index is -0.765. The van der Waals surface area contributed by atoms with Crippen LogP contribution in [0.4, 0.5) is 0 Å². The van der Waals surface area contributed by atoms with Gasteiger partial charge in [0, 0.05) is 29.1 Å². The largest absolute Gasteiger partial charge is 0.454 e. The van der Waals surface area contributed by atoms with E-state index in [9.17, 15) is 9.59 Å². The zero-order valence-corrected chi connectivity index (χ0v) is 15.1. The number of aromatic nitrogens is 1. The number of ketones is 1. The molecule has 3 rings (SSSR count). The summed E-state index contributed by atoms with van der Waals surface area (Å²) in [6, 6.07) is 15.4. The summed E-state index contributed by atoms with van der Waals surface area (Å²) in [6.07, 6.45) is 2.99. The predicted molar refractivity (Wildman–Crippen MR) is 102 cm³/mol. The molecule has 3 aromatic rings. The predicted octanol–water partition coefficient (Wildman–Crippen LogP) is 4.61. The Morgan fingerprint density at radius 3 is 2.58 bits per heavy atom. The molecule has 0 bridgehead atoms. The number of hydrogen-bond donors (Lipinski definition) is 1. The normalized spacial score (nSPS) is 12.1. The van der Waals surface area contributed by atoms with Crippen molar-refractivity contribution in [3.05, 3.63) is 71.4 Å². The average molecular weight is 349 g/mol. The Hall–Kier alpha value is -2.88. The van der Waals surface area contributed by atoms with E-state index in [1.807, 2.05) is 43.5 Å². The second-order valence-corrected chi connectivity index (χ2v) is 6.58. The number of aromatic amines is 1. The van der Waals surface area contributed by atoms with Gasteiger partial charge in [-0.1, -0.05) is 48.0 Å². The fourth-order valence-electron chi connectivity index (χ4n) is 3.02. The number of H-pyrrole nitrogens is 1. The number of fused-ring (bicyclic) bond motifs is 1. The van der Waals surface area contributed by atoms with Crippen LogP contribution in [0.3, 0.4) is 0 Å². The molecule has 0 aliphatic heterocycles. The van der Waals surface area contributed by atoms with Crippen molar-refractivity contribution in [1.82, 2.24) is 4.98 Å². The van der Waals surface area contributed by atoms with Crippen LogP contribution in [0.2, 0.25) is 0 Å². The van der Waals surface area contributed by atoms with Gasteiger partial charge < -0.3 is 9.72 Å². The number of rotatable bonds is 7. The second kappa shape index (κ2) is 8.00. The first-order chi connectivity index (χ1) is 12.5. The number of carbonyl (C=O) groups is 2. The molecule has 1 aromatic heterocycles. The fraction of sp³-hybridized carbons (Fsp3) is 0.273. The minimum Gasteiger partial charge on any atom is -0.454 e. The lowest BCUT2D eigenvalue weighted by molar-refractivity contribution is -0.146. The molecule has 134 valence electrons. The van der Waals surface area contributed by atoms with Gasteiger partial charge in [-0.2, -0.15) is 0 Å². The first kappa shape index (κ1) is 17.9. The molecular formula is C22H23NO3. The summed E-state index contributed by atoms with van der Waals surface area (Å²) in [5.41, 5.74) is 3.94. The van der Waals surface area contributed by atoms with E-state index in [4.69, 9.17) is 4.74 Å². The van der Waals surface area contributed by atoms with E-state index >= 15 is 0 Å². The molecule has 0 spiro atoms. The van der Waals surface area contributed by atoms with E-state index in [0.29, 0.717) is 18.4 Å². The van der Waals surface area contributed by atoms with Crippen LogP contribution in [0.5, 0.6) is 0 Å². The van der Waals surface area contributed by atoms with Gasteiger partial charge >= 0.3 is 5.97 Å². The van der Waals surface area contributed by atoms with E-state index in [1.54, 1.807) is 19.1 Å². The van der Waals surface area contributed by atoms with Gasteiger partial charge in [0.25, 0.3) is 0 Å². The molecule has 0 amide bonds. The number of Topliss-reactive ketones (excluding diaryl/α,β-unsaturated/α-hetero) is 1. The van der Waals surface area contributed by atoms with Crippen molar-refractivity contribution in [2.75, 3.05) is 0 Å². The molecule has 0 aliphatic carbocycles. The van der Waals surface area contributed by atoms with Crippen LogP contribution >= 0.6 is 0 Å². The van der Waals surface area contributed by atoms with Crippen molar-refractivity contribution in [1.29, 1.82) is 0 Å². The number of para-hydroxylation sites is 1. The molecule has 0 aliphatic rings. The van der Waals surface area contributed by atoms with E-state index in [2.05, 4.69) is 11.1 Å². The molecule has 1 heterocycles. The zero-order chi connectivity index (χ0) is 18.5. The van der Waals surface area contributed by atoms with Crippen molar-refractivity contribution < 1.29 is 14.3 Å². The van der Waals surface area contributed by atoms with Crippen molar-refractivity contribution >= 4 is 22.7 Å². The molecule has 1 unspecified atom stereocenters. The molecule has 4 nitrogen and oxygen atoms in total. The van der Waals surface area contributed by atoms with Crippen molar-refractivity contribution in [2.45, 2.75) is 39.2 Å². The van der Waals surface area contributed by atoms with Crippen LogP contribution in [0, 0.1) is 6.92 Å². The maximum absolute atomic E-state index is 12.3. The van der Waals surface area contributed by atoms with E-state index < -0.39 is 6.10 Å². The quantitative estimate of drug-likeness (QED) is 0.500. The topological polar surface area (TPSA) is 59.2 Å². The van der Waals surface area contributed by atoms with Crippen molar-refractivity contribution in [2.24, 2.45) is 0 Å². The summed E-state index contributed by atoms with van der Waals surface area (Å²) < 4.78 is 5.31. The molecule has 0 fully saturated rings. The van der Waals surface area contributed by atoms with Crippen LogP contribution in [-0.2, 0) is 16.0 Å². The Labute approximate surface area is 153 Å². The van der Waals surface area contributed by atoms with Crippen LogP contribution in [-0.4, -0.2) is 22.8 Å². The molecule has 1 atom stereocenters. The maximum atomic E-state index is 12.3. The molecule has 26 heavy (non-hydrogen) atoms. The van der Waals surface area contributed by atoms with Crippen LogP contribution in [0.1, 0.15) is 41.3 Å². The number of carbonyl (C=O) groups excluding carboxylic acids is 2. The van der Waals surface area contributed by atoms with Crippen LogP contribution < -0.4 is 0 Å². The Kier molecular flexibility index (Phi) is 5.52. The fourth-order valence-corrected chi connectivity index (χ4v) is 3.02. The SMILES string of the molecule is Cc1ccc(C(=O)C(C)OC(=O)CCCc2c[nH]c3ccccc23)cc1. The highest BCUT2D eigenvalue weighted by atomic mass is 16.5. The lowest BCUT2D eigenvalue weighted by Gasteiger charge is -2.12. The smallest absolute Gasteiger partial charge is 0.306 e. The first-order valence-corrected chi connectivity index (χ1v) is 8.90. The number of hydrogen-bond acceptors (Lipinski definition) is 3. The zero-order valence-electron chi connectivity index (χ0n) is 15.1. The second-order valence-electron chi connectivity index (χ2n) is 6.58. The van der Waals surface area contributed by atoms with Gasteiger partial charge in [0.1, 0.15) is 0 Å². The summed E-state index contributed by atoms with van der Waals surface area (Å²) in [5, 5.41) is 1.18. The summed E-state index contributed by atoms with van der Waals surface area (Å²) in [7, 11) is 0. The molecule has 0 saturated heterocycles. The van der Waals surface area contributed by atoms with Crippen LogP contribution in [0.15, 0.2) is 54.7 Å². The van der Waals surface area contributed by atoms with Gasteiger partial charge in [0.15, 0.2) is 6.10 Å². The standard InChI is InChI=1S/C22H23NO3/c1-15-10-12-17(13-11-15)22(25)16(2)26-21(24)9-5-6-18-14-23-20-8-4-3-7-19(18)20/h3-4,7-8,10-14,16,23H,5-6,9H2,1-2H3. The molecule has 0 radical (unpaired) electrons. The lowest BCUT2D eigenvalue weighted by Crippen LogP contribution is -2.24. The van der Waals surface area contributed by atoms with Gasteiger partial charge in [-0.15, -0.1) is 0 Å². The molecule has 0 saturated carbocycles. The summed E-state index contributed by atoms with van der Waals surface area (Å²) >= 11 is 0. The van der Waals surface area contributed by atoms with Gasteiger partial charge in [-0.3, -0.25) is 9.59 Å². The summed E-state index contributed by atoms with van der Waals surface area (Å²) in [6.45, 7) is 3.59. The lowest BCUT2D eigenvalue weighted by atomic mass is 10.1. The number of esters is 1. The van der Waals surface area contributed by atoms with Gasteiger partial charge in [-0.25, -0.2) is 0 Å². The number of nitrogens with one attached hydrogen (secondary N) is 1. The third-order valence-electron chi connectivity index (χ3n) is 4.52. The molecule has 1 N–H and O–H groups in total. The third-order valence-corrected chi connectivity index (χ3v) is 4.52. The highest BCUT2D eigenvalue weighted by Crippen LogP contribution is 2.19. The van der Waals surface area contributed by atoms with E-state index in [-0.39, 0.29) is 11.8 Å². The maximum Gasteiger partial charge on any atom is 0.306 e. The Balaban J connectivity index is 1.49. The highest BCUT2D eigenvalue weighted by molar-refractivity contribution is 6.00. The monoisotopic (exact) mass is 349 g/mol. The number of aryl methyl sites for hydroxylation is 2. The highest BCUT2D eigenvalue weighted by Gasteiger charge is 2.19. The van der Waals surface area contributed by atoms with Gasteiger partial charge in [-0.05, 0) is 38.3 Å². The van der Waals surface area contributed by atoms with Crippen molar-refractivity contribution in [3.8, 4) is 0 Å². The number of ether oxygens (including phenoxy) is 1. The summed E-state index contributed by atoms with van der Waals surface area (Å²) in [5.74, 6) is -0.507. The van der Waals surface area contributed by atoms with E-state index in [1.165, 1.54) is 10.9 Å². The number of benzene rings is 2. The summed E-state index contributed by atoms with van der Waals surface area (Å²) in [4.78, 5) is 27.6. The van der Waals surface area contributed by atoms with Crippen molar-refractivity contribution in [3.63, 3.8) is 0 Å². The molecule has 2 aromatic carbocycles.